The molecule has 1 heterocycles. The monoisotopic (exact) mass is 419 g/mol. The molecule has 0 aliphatic heterocycles. The lowest BCUT2D eigenvalue weighted by Crippen LogP contribution is -2.34. The molecule has 0 aliphatic carbocycles. The highest BCUT2D eigenvalue weighted by Gasteiger charge is 2.35. The van der Waals surface area contributed by atoms with Crippen LogP contribution in [0.1, 0.15) is 24.7 Å². The molecular weight excluding hydrogens is 399 g/mol. The van der Waals surface area contributed by atoms with Crippen molar-refractivity contribution >= 4 is 28.6 Å². The van der Waals surface area contributed by atoms with Gasteiger partial charge in [-0.2, -0.15) is 13.2 Å². The molecule has 0 fully saturated rings. The van der Waals surface area contributed by atoms with E-state index < -0.39 is 12.0 Å². The number of carbonyl (C=O) groups excluding carboxylic acids is 1. The Labute approximate surface area is 170 Å². The normalized spacial score (nSPS) is 12.7. The predicted octanol–water partition coefficient (Wildman–Crippen LogP) is 4.88. The highest BCUT2D eigenvalue weighted by atomic mass is 32.2. The molecule has 8 heteroatoms. The van der Waals surface area contributed by atoms with Crippen molar-refractivity contribution in [3.05, 3.63) is 66.0 Å². The second-order valence-electron chi connectivity index (χ2n) is 6.65. The molecule has 2 aromatic carbocycles. The third-order valence-electron chi connectivity index (χ3n) is 4.28. The zero-order valence-electron chi connectivity index (χ0n) is 15.7. The number of rotatable bonds is 7. The quantitative estimate of drug-likeness (QED) is 0.438. The molecule has 0 saturated carbocycles. The van der Waals surface area contributed by atoms with E-state index in [9.17, 15) is 18.0 Å². The summed E-state index contributed by atoms with van der Waals surface area (Å²) in [6.07, 6.45) is -3.04. The zero-order chi connectivity index (χ0) is 20.9. The number of hydrogen-bond donors (Lipinski definition) is 1. The van der Waals surface area contributed by atoms with Crippen molar-refractivity contribution in [1.29, 1.82) is 0 Å². The number of nitrogens with zero attached hydrogens (tertiary/aromatic N) is 2. The van der Waals surface area contributed by atoms with Gasteiger partial charge in [0.25, 0.3) is 0 Å². The lowest BCUT2D eigenvalue weighted by Gasteiger charge is -2.14. The van der Waals surface area contributed by atoms with Crippen LogP contribution >= 0.6 is 11.8 Å². The predicted molar refractivity (Wildman–Crippen MR) is 108 cm³/mol. The minimum Gasteiger partial charge on any atom is -0.353 e. The minimum absolute atomic E-state index is 0.0199. The van der Waals surface area contributed by atoms with Gasteiger partial charge in [0, 0.05) is 11.4 Å². The number of fused-ring (bicyclic) bond motifs is 1. The number of aromatic nitrogens is 2. The Morgan fingerprint density at radius 2 is 1.76 bits per heavy atom. The van der Waals surface area contributed by atoms with Gasteiger partial charge in [-0.25, -0.2) is 9.97 Å². The van der Waals surface area contributed by atoms with Crippen LogP contribution in [-0.4, -0.2) is 27.7 Å². The van der Waals surface area contributed by atoms with Crippen molar-refractivity contribution < 1.29 is 18.0 Å². The Kier molecular flexibility index (Phi) is 6.74. The Hall–Kier alpha value is -2.61. The van der Waals surface area contributed by atoms with E-state index in [1.54, 1.807) is 18.2 Å². The van der Waals surface area contributed by atoms with Crippen LogP contribution in [0.2, 0.25) is 0 Å². The molecule has 0 unspecified atom stereocenters. The van der Waals surface area contributed by atoms with Gasteiger partial charge in [0.1, 0.15) is 5.03 Å². The number of nitrogens with one attached hydrogen (secondary N) is 1. The number of benzene rings is 2. The summed E-state index contributed by atoms with van der Waals surface area (Å²) in [5, 5.41) is 3.53. The summed E-state index contributed by atoms with van der Waals surface area (Å²) in [6.45, 7) is 1.91. The minimum atomic E-state index is -4.65. The number of halogens is 3. The van der Waals surface area contributed by atoms with Gasteiger partial charge in [0.05, 0.1) is 11.3 Å². The molecule has 1 amide bonds. The second-order valence-corrected chi connectivity index (χ2v) is 7.61. The Bertz CT molecular complexity index is 980. The number of aryl methyl sites for hydroxylation is 1. The maximum Gasteiger partial charge on any atom is 0.451 e. The average molecular weight is 419 g/mol. The Morgan fingerprint density at radius 1 is 1.07 bits per heavy atom. The maximum atomic E-state index is 13.1. The SMILES string of the molecule is C[C@H](CCc1ccccc1)NC(=O)CSc1nc(C(F)(F)F)nc2ccccc12. The summed E-state index contributed by atoms with van der Waals surface area (Å²) in [5.41, 5.74) is 1.39. The molecule has 29 heavy (non-hydrogen) atoms. The molecule has 152 valence electrons. The summed E-state index contributed by atoms with van der Waals surface area (Å²) in [7, 11) is 0. The standard InChI is InChI=1S/C21H20F3N3OS/c1-14(11-12-15-7-3-2-4-8-15)25-18(28)13-29-19-16-9-5-6-10-17(16)26-20(27-19)21(22,23)24/h2-10,14H,11-13H2,1H3,(H,25,28)/t14-/m1/s1. The van der Waals surface area contributed by atoms with Crippen molar-refractivity contribution in [3.8, 4) is 0 Å². The number of alkyl halides is 3. The summed E-state index contributed by atoms with van der Waals surface area (Å²) in [6, 6.07) is 16.4. The van der Waals surface area contributed by atoms with Crippen molar-refractivity contribution in [1.82, 2.24) is 15.3 Å². The van der Waals surface area contributed by atoms with Crippen LogP contribution < -0.4 is 5.32 Å². The van der Waals surface area contributed by atoms with Crippen LogP contribution in [0.5, 0.6) is 0 Å². The first kappa shape index (κ1) is 21.1. The molecule has 0 aliphatic rings. The van der Waals surface area contributed by atoms with Gasteiger partial charge < -0.3 is 5.32 Å². The van der Waals surface area contributed by atoms with E-state index in [1.165, 1.54) is 11.6 Å². The van der Waals surface area contributed by atoms with E-state index in [4.69, 9.17) is 0 Å². The topological polar surface area (TPSA) is 54.9 Å². The third-order valence-corrected chi connectivity index (χ3v) is 5.27. The first-order chi connectivity index (χ1) is 13.8. The van der Waals surface area contributed by atoms with Crippen LogP contribution in [0.4, 0.5) is 13.2 Å². The van der Waals surface area contributed by atoms with Crippen molar-refractivity contribution in [2.75, 3.05) is 5.75 Å². The van der Waals surface area contributed by atoms with Crippen molar-refractivity contribution in [2.45, 2.75) is 37.0 Å². The third kappa shape index (κ3) is 5.93. The van der Waals surface area contributed by atoms with E-state index in [0.29, 0.717) is 5.39 Å². The van der Waals surface area contributed by atoms with Gasteiger partial charge in [0.2, 0.25) is 11.7 Å². The molecule has 1 N–H and O–H groups in total. The fraction of sp³-hybridized carbons (Fsp3) is 0.286. The first-order valence-electron chi connectivity index (χ1n) is 9.13. The largest absolute Gasteiger partial charge is 0.451 e. The van der Waals surface area contributed by atoms with Crippen LogP contribution in [0, 0.1) is 0 Å². The van der Waals surface area contributed by atoms with Gasteiger partial charge in [-0.3, -0.25) is 4.79 Å². The van der Waals surface area contributed by atoms with Crippen molar-refractivity contribution in [2.24, 2.45) is 0 Å². The summed E-state index contributed by atoms with van der Waals surface area (Å²) in [4.78, 5) is 19.5. The Morgan fingerprint density at radius 3 is 2.48 bits per heavy atom. The molecule has 0 spiro atoms. The van der Waals surface area contributed by atoms with Gasteiger partial charge in [0.15, 0.2) is 0 Å². The lowest BCUT2D eigenvalue weighted by molar-refractivity contribution is -0.145. The van der Waals surface area contributed by atoms with Gasteiger partial charge in [-0.05, 0) is 31.4 Å². The fourth-order valence-corrected chi connectivity index (χ4v) is 3.66. The summed E-state index contributed by atoms with van der Waals surface area (Å²) < 4.78 is 39.2. The Balaban J connectivity index is 1.61. The summed E-state index contributed by atoms with van der Waals surface area (Å²) in [5.74, 6) is -1.46. The number of carbonyl (C=O) groups is 1. The molecule has 0 bridgehead atoms. The van der Waals surface area contributed by atoms with Gasteiger partial charge in [-0.1, -0.05) is 60.3 Å². The van der Waals surface area contributed by atoms with E-state index >= 15 is 0 Å². The number of amides is 1. The van der Waals surface area contributed by atoms with Crippen LogP contribution in [0.25, 0.3) is 10.9 Å². The molecule has 1 aromatic heterocycles. The van der Waals surface area contributed by atoms with Crippen molar-refractivity contribution in [3.63, 3.8) is 0 Å². The van der Waals surface area contributed by atoms with Crippen LogP contribution in [-0.2, 0) is 17.4 Å². The number of para-hydroxylation sites is 1. The molecule has 0 radical (unpaired) electrons. The molecular formula is C21H20F3N3OS. The van der Waals surface area contributed by atoms with Gasteiger partial charge in [-0.15, -0.1) is 0 Å². The highest BCUT2D eigenvalue weighted by molar-refractivity contribution is 8.00. The smallest absolute Gasteiger partial charge is 0.353 e. The lowest BCUT2D eigenvalue weighted by atomic mass is 10.1. The molecule has 0 saturated heterocycles. The highest BCUT2D eigenvalue weighted by Crippen LogP contribution is 2.31. The molecule has 3 aromatic rings. The van der Waals surface area contributed by atoms with E-state index in [1.807, 2.05) is 37.3 Å². The molecule has 4 nitrogen and oxygen atoms in total. The van der Waals surface area contributed by atoms with E-state index in [0.717, 1.165) is 24.6 Å². The summed E-state index contributed by atoms with van der Waals surface area (Å²) >= 11 is 0.982. The zero-order valence-corrected chi connectivity index (χ0v) is 16.6. The van der Waals surface area contributed by atoms with Crippen LogP contribution in [0.3, 0.4) is 0 Å². The number of hydrogen-bond acceptors (Lipinski definition) is 4. The number of thioether (sulfide) groups is 1. The maximum absolute atomic E-state index is 13.1. The van der Waals surface area contributed by atoms with E-state index in [-0.39, 0.29) is 28.2 Å². The molecule has 3 rings (SSSR count). The first-order valence-corrected chi connectivity index (χ1v) is 10.1. The van der Waals surface area contributed by atoms with Gasteiger partial charge >= 0.3 is 6.18 Å². The second kappa shape index (κ2) is 9.26. The average Bonchev–Trinajstić information content (AvgIpc) is 2.70. The molecule has 1 atom stereocenters. The van der Waals surface area contributed by atoms with E-state index in [2.05, 4.69) is 15.3 Å². The fourth-order valence-electron chi connectivity index (χ4n) is 2.83. The van der Waals surface area contributed by atoms with Crippen LogP contribution in [0.15, 0.2) is 59.6 Å².